The molecule has 2 aromatic rings. The Morgan fingerprint density at radius 3 is 2.88 bits per heavy atom. The number of nitrogens with zero attached hydrogens (tertiary/aromatic N) is 1. The highest BCUT2D eigenvalue weighted by Gasteiger charge is 2.07. The molecule has 0 aliphatic heterocycles. The van der Waals surface area contributed by atoms with E-state index in [0.717, 1.165) is 16.5 Å². The maximum Gasteiger partial charge on any atom is 0.251 e. The first kappa shape index (κ1) is 11.4. The van der Waals surface area contributed by atoms with Crippen LogP contribution in [0.4, 0.5) is 0 Å². The summed E-state index contributed by atoms with van der Waals surface area (Å²) in [6.45, 7) is 3.84. The van der Waals surface area contributed by atoms with E-state index in [1.54, 1.807) is 0 Å². The molecule has 1 N–H and O–H groups in total. The van der Waals surface area contributed by atoms with Crippen LogP contribution in [0.2, 0.25) is 0 Å². The van der Waals surface area contributed by atoms with Gasteiger partial charge in [0.25, 0.3) is 5.56 Å². The molecule has 2 rings (SSSR count). The Labute approximate surface area is 99.7 Å². The van der Waals surface area contributed by atoms with Crippen molar-refractivity contribution in [1.29, 1.82) is 5.26 Å². The van der Waals surface area contributed by atoms with Crippen molar-refractivity contribution in [2.24, 2.45) is 5.92 Å². The molecule has 1 unspecified atom stereocenters. The lowest BCUT2D eigenvalue weighted by Gasteiger charge is -2.05. The summed E-state index contributed by atoms with van der Waals surface area (Å²) in [6.07, 6.45) is 0.496. The molecule has 0 amide bonds. The SMILES string of the molecule is Cc1ccc2[nH]c(=O)c(CC(C)C#N)cc2c1. The molecule has 3 nitrogen and oxygen atoms in total. The lowest BCUT2D eigenvalue weighted by atomic mass is 10.0. The van der Waals surface area contributed by atoms with Gasteiger partial charge in [0.15, 0.2) is 0 Å². The molecule has 1 aromatic carbocycles. The van der Waals surface area contributed by atoms with Gasteiger partial charge in [-0.15, -0.1) is 0 Å². The number of hydrogen-bond acceptors (Lipinski definition) is 2. The molecule has 0 aliphatic carbocycles. The van der Waals surface area contributed by atoms with Crippen molar-refractivity contribution in [3.05, 3.63) is 45.7 Å². The number of aromatic amines is 1. The number of aromatic nitrogens is 1. The van der Waals surface area contributed by atoms with Gasteiger partial charge in [-0.3, -0.25) is 4.79 Å². The van der Waals surface area contributed by atoms with Gasteiger partial charge in [-0.1, -0.05) is 11.6 Å². The van der Waals surface area contributed by atoms with Crippen LogP contribution in [0.5, 0.6) is 0 Å². The Morgan fingerprint density at radius 2 is 2.18 bits per heavy atom. The van der Waals surface area contributed by atoms with Crippen molar-refractivity contribution in [3.8, 4) is 6.07 Å². The Hall–Kier alpha value is -2.08. The lowest BCUT2D eigenvalue weighted by Crippen LogP contribution is -2.14. The standard InChI is InChI=1S/C14H14N2O/c1-9-3-4-13-11(5-9)7-12(14(17)16-13)6-10(2)8-15/h3-5,7,10H,6H2,1-2H3,(H,16,17). The average molecular weight is 226 g/mol. The summed E-state index contributed by atoms with van der Waals surface area (Å²) >= 11 is 0. The highest BCUT2D eigenvalue weighted by Crippen LogP contribution is 2.14. The van der Waals surface area contributed by atoms with Gasteiger partial charge in [-0.05, 0) is 43.9 Å². The van der Waals surface area contributed by atoms with E-state index in [1.165, 1.54) is 0 Å². The number of nitrogens with one attached hydrogen (secondary N) is 1. The number of fused-ring (bicyclic) bond motifs is 1. The Balaban J connectivity index is 2.54. The number of pyridine rings is 1. The summed E-state index contributed by atoms with van der Waals surface area (Å²) in [5, 5.41) is 9.80. The average Bonchev–Trinajstić information content (AvgIpc) is 2.30. The summed E-state index contributed by atoms with van der Waals surface area (Å²) in [4.78, 5) is 14.7. The van der Waals surface area contributed by atoms with Gasteiger partial charge in [0.2, 0.25) is 0 Å². The lowest BCUT2D eigenvalue weighted by molar-refractivity contribution is 0.732. The minimum Gasteiger partial charge on any atom is -0.322 e. The fourth-order valence-corrected chi connectivity index (χ4v) is 1.90. The summed E-state index contributed by atoms with van der Waals surface area (Å²) in [6, 6.07) is 9.94. The first-order valence-electron chi connectivity index (χ1n) is 5.62. The second kappa shape index (κ2) is 4.42. The molecule has 0 radical (unpaired) electrons. The van der Waals surface area contributed by atoms with E-state index in [4.69, 9.17) is 5.26 Å². The van der Waals surface area contributed by atoms with Crippen LogP contribution in [0.3, 0.4) is 0 Å². The molecule has 1 heterocycles. The van der Waals surface area contributed by atoms with E-state index >= 15 is 0 Å². The molecular formula is C14H14N2O. The summed E-state index contributed by atoms with van der Waals surface area (Å²) in [5.41, 5.74) is 2.58. The maximum absolute atomic E-state index is 11.8. The highest BCUT2D eigenvalue weighted by atomic mass is 16.1. The maximum atomic E-state index is 11.8. The van der Waals surface area contributed by atoms with Crippen molar-refractivity contribution < 1.29 is 0 Å². The fourth-order valence-electron chi connectivity index (χ4n) is 1.90. The molecule has 0 aliphatic rings. The molecule has 0 saturated heterocycles. The van der Waals surface area contributed by atoms with Gasteiger partial charge in [-0.25, -0.2) is 0 Å². The van der Waals surface area contributed by atoms with Gasteiger partial charge in [-0.2, -0.15) is 5.26 Å². The van der Waals surface area contributed by atoms with Crippen LogP contribution in [-0.4, -0.2) is 4.98 Å². The molecule has 0 saturated carbocycles. The molecule has 1 atom stereocenters. The topological polar surface area (TPSA) is 56.6 Å². The van der Waals surface area contributed by atoms with Gasteiger partial charge in [0.05, 0.1) is 6.07 Å². The molecule has 3 heteroatoms. The minimum atomic E-state index is -0.140. The zero-order chi connectivity index (χ0) is 12.4. The fraction of sp³-hybridized carbons (Fsp3) is 0.286. The smallest absolute Gasteiger partial charge is 0.251 e. The summed E-state index contributed by atoms with van der Waals surface area (Å²) in [5.74, 6) is -0.140. The quantitative estimate of drug-likeness (QED) is 0.855. The number of nitriles is 1. The van der Waals surface area contributed by atoms with Crippen LogP contribution in [0.1, 0.15) is 18.1 Å². The van der Waals surface area contributed by atoms with Gasteiger partial charge < -0.3 is 4.98 Å². The normalized spacial score (nSPS) is 12.3. The summed E-state index contributed by atoms with van der Waals surface area (Å²) in [7, 11) is 0. The van der Waals surface area contributed by atoms with Crippen molar-refractivity contribution in [1.82, 2.24) is 4.98 Å². The third-order valence-electron chi connectivity index (χ3n) is 2.82. The number of rotatable bonds is 2. The molecule has 0 bridgehead atoms. The van der Waals surface area contributed by atoms with Gasteiger partial charge >= 0.3 is 0 Å². The zero-order valence-electron chi connectivity index (χ0n) is 9.95. The number of H-pyrrole nitrogens is 1. The van der Waals surface area contributed by atoms with Crippen LogP contribution in [0.25, 0.3) is 10.9 Å². The number of hydrogen-bond donors (Lipinski definition) is 1. The van der Waals surface area contributed by atoms with Crippen molar-refractivity contribution in [3.63, 3.8) is 0 Å². The van der Waals surface area contributed by atoms with Crippen molar-refractivity contribution in [2.75, 3.05) is 0 Å². The van der Waals surface area contributed by atoms with Gasteiger partial charge in [0.1, 0.15) is 0 Å². The van der Waals surface area contributed by atoms with E-state index < -0.39 is 0 Å². The van der Waals surface area contributed by atoms with Crippen molar-refractivity contribution in [2.45, 2.75) is 20.3 Å². The van der Waals surface area contributed by atoms with Crippen LogP contribution < -0.4 is 5.56 Å². The van der Waals surface area contributed by atoms with E-state index in [9.17, 15) is 4.79 Å². The second-order valence-corrected chi connectivity index (χ2v) is 4.45. The molecule has 0 spiro atoms. The Morgan fingerprint density at radius 1 is 1.41 bits per heavy atom. The predicted molar refractivity (Wildman–Crippen MR) is 67.8 cm³/mol. The summed E-state index contributed by atoms with van der Waals surface area (Å²) < 4.78 is 0. The molecule has 86 valence electrons. The number of benzene rings is 1. The van der Waals surface area contributed by atoms with E-state index in [1.807, 2.05) is 38.1 Å². The van der Waals surface area contributed by atoms with Crippen molar-refractivity contribution >= 4 is 10.9 Å². The van der Waals surface area contributed by atoms with Crippen LogP contribution in [-0.2, 0) is 6.42 Å². The third kappa shape index (κ3) is 2.36. The van der Waals surface area contributed by atoms with Crippen LogP contribution in [0, 0.1) is 24.2 Å². The van der Waals surface area contributed by atoms with Crippen LogP contribution >= 0.6 is 0 Å². The predicted octanol–water partition coefficient (Wildman–Crippen LogP) is 2.54. The Kier molecular flexibility index (Phi) is 2.97. The zero-order valence-corrected chi connectivity index (χ0v) is 9.95. The molecule has 17 heavy (non-hydrogen) atoms. The monoisotopic (exact) mass is 226 g/mol. The highest BCUT2D eigenvalue weighted by molar-refractivity contribution is 5.79. The largest absolute Gasteiger partial charge is 0.322 e. The molecular weight excluding hydrogens is 212 g/mol. The van der Waals surface area contributed by atoms with E-state index in [0.29, 0.717) is 12.0 Å². The Bertz CT molecular complexity index is 649. The third-order valence-corrected chi connectivity index (χ3v) is 2.82. The van der Waals surface area contributed by atoms with Crippen LogP contribution in [0.15, 0.2) is 29.1 Å². The minimum absolute atomic E-state index is 0.0940. The first-order chi connectivity index (χ1) is 8.10. The molecule has 1 aromatic heterocycles. The molecule has 0 fully saturated rings. The van der Waals surface area contributed by atoms with E-state index in [-0.39, 0.29) is 11.5 Å². The van der Waals surface area contributed by atoms with Gasteiger partial charge in [0, 0.05) is 17.0 Å². The second-order valence-electron chi connectivity index (χ2n) is 4.45. The number of aryl methyl sites for hydroxylation is 1. The first-order valence-corrected chi connectivity index (χ1v) is 5.62. The van der Waals surface area contributed by atoms with E-state index in [2.05, 4.69) is 11.1 Å².